The first kappa shape index (κ1) is 17.6. The van der Waals surface area contributed by atoms with Gasteiger partial charge in [0, 0.05) is 11.9 Å². The molecule has 0 saturated heterocycles. The van der Waals surface area contributed by atoms with Crippen molar-refractivity contribution in [1.82, 2.24) is 15.6 Å². The quantitative estimate of drug-likeness (QED) is 0.631. The summed E-state index contributed by atoms with van der Waals surface area (Å²) in [6.07, 6.45) is 0. The molecule has 6 nitrogen and oxygen atoms in total. The van der Waals surface area contributed by atoms with Crippen LogP contribution in [0.25, 0.3) is 10.9 Å². The Labute approximate surface area is 150 Å². The second kappa shape index (κ2) is 8.22. The summed E-state index contributed by atoms with van der Waals surface area (Å²) in [5.41, 5.74) is 1.81. The molecule has 1 aromatic heterocycles. The van der Waals surface area contributed by atoms with Crippen LogP contribution in [-0.4, -0.2) is 34.6 Å². The summed E-state index contributed by atoms with van der Waals surface area (Å²) in [7, 11) is 0. The predicted molar refractivity (Wildman–Crippen MR) is 98.4 cm³/mol. The van der Waals surface area contributed by atoms with Crippen molar-refractivity contribution in [3.05, 3.63) is 78.0 Å². The number of rotatable bonds is 6. The van der Waals surface area contributed by atoms with Gasteiger partial charge in [0.25, 0.3) is 5.91 Å². The fourth-order valence-corrected chi connectivity index (χ4v) is 2.53. The van der Waals surface area contributed by atoms with E-state index in [2.05, 4.69) is 15.6 Å². The molecule has 0 aliphatic carbocycles. The first-order chi connectivity index (χ1) is 12.7. The van der Waals surface area contributed by atoms with Gasteiger partial charge in [0.2, 0.25) is 5.91 Å². The van der Waals surface area contributed by atoms with E-state index in [0.717, 1.165) is 10.9 Å². The van der Waals surface area contributed by atoms with E-state index in [-0.39, 0.29) is 5.69 Å². The highest BCUT2D eigenvalue weighted by Crippen LogP contribution is 2.11. The Morgan fingerprint density at radius 1 is 0.962 bits per heavy atom. The third kappa shape index (κ3) is 4.23. The van der Waals surface area contributed by atoms with E-state index < -0.39 is 24.5 Å². The average Bonchev–Trinajstić information content (AvgIpc) is 2.70. The topological polar surface area (TPSA) is 91.3 Å². The van der Waals surface area contributed by atoms with Crippen LogP contribution in [0.2, 0.25) is 0 Å². The zero-order valence-electron chi connectivity index (χ0n) is 14.1. The summed E-state index contributed by atoms with van der Waals surface area (Å²) in [4.78, 5) is 28.9. The van der Waals surface area contributed by atoms with Gasteiger partial charge in [-0.1, -0.05) is 54.6 Å². The van der Waals surface area contributed by atoms with Gasteiger partial charge >= 0.3 is 0 Å². The lowest BCUT2D eigenvalue weighted by atomic mass is 10.2. The van der Waals surface area contributed by atoms with Crippen molar-refractivity contribution in [1.29, 1.82) is 0 Å². The lowest BCUT2D eigenvalue weighted by Gasteiger charge is -2.16. The van der Waals surface area contributed by atoms with E-state index in [1.54, 1.807) is 12.1 Å². The van der Waals surface area contributed by atoms with E-state index in [1.165, 1.54) is 0 Å². The fourth-order valence-electron chi connectivity index (χ4n) is 2.53. The summed E-state index contributed by atoms with van der Waals surface area (Å²) in [6.45, 7) is -0.180. The molecule has 2 aromatic carbocycles. The number of aliphatic hydroxyl groups is 1. The lowest BCUT2D eigenvalue weighted by molar-refractivity contribution is -0.124. The minimum absolute atomic E-state index is 0.193. The van der Waals surface area contributed by atoms with Gasteiger partial charge in [-0.15, -0.1) is 0 Å². The van der Waals surface area contributed by atoms with E-state index >= 15 is 0 Å². The van der Waals surface area contributed by atoms with Crippen molar-refractivity contribution < 1.29 is 14.7 Å². The summed E-state index contributed by atoms with van der Waals surface area (Å²) in [5, 5.41) is 15.6. The number of pyridine rings is 1. The van der Waals surface area contributed by atoms with Crippen LogP contribution in [0.4, 0.5) is 0 Å². The molecule has 1 atom stereocenters. The Bertz CT molecular complexity index is 912. The highest BCUT2D eigenvalue weighted by Gasteiger charge is 2.21. The molecule has 26 heavy (non-hydrogen) atoms. The number of aromatic nitrogens is 1. The SMILES string of the molecule is O=C(NC(CO)C(=O)NCc1ccccc1)c1ccc2ccccc2n1. The van der Waals surface area contributed by atoms with Gasteiger partial charge in [-0.2, -0.15) is 0 Å². The second-order valence-corrected chi connectivity index (χ2v) is 5.80. The summed E-state index contributed by atoms with van der Waals surface area (Å²) in [5.74, 6) is -0.963. The molecule has 0 saturated carbocycles. The maximum absolute atomic E-state index is 12.4. The molecule has 1 unspecified atom stereocenters. The number of hydrogen-bond donors (Lipinski definition) is 3. The van der Waals surface area contributed by atoms with Crippen LogP contribution >= 0.6 is 0 Å². The largest absolute Gasteiger partial charge is 0.394 e. The van der Waals surface area contributed by atoms with Crippen LogP contribution in [0.15, 0.2) is 66.7 Å². The maximum atomic E-state index is 12.4. The van der Waals surface area contributed by atoms with Crippen LogP contribution < -0.4 is 10.6 Å². The van der Waals surface area contributed by atoms with Crippen molar-refractivity contribution in [3.8, 4) is 0 Å². The summed E-state index contributed by atoms with van der Waals surface area (Å²) in [6, 6.07) is 19.2. The number of amides is 2. The van der Waals surface area contributed by atoms with E-state index in [1.807, 2.05) is 54.6 Å². The molecule has 3 rings (SSSR count). The third-order valence-electron chi connectivity index (χ3n) is 3.95. The Morgan fingerprint density at radius 3 is 2.46 bits per heavy atom. The average molecular weight is 349 g/mol. The molecular weight excluding hydrogens is 330 g/mol. The molecule has 0 bridgehead atoms. The third-order valence-corrected chi connectivity index (χ3v) is 3.95. The van der Waals surface area contributed by atoms with Gasteiger partial charge in [-0.3, -0.25) is 9.59 Å². The van der Waals surface area contributed by atoms with Crippen molar-refractivity contribution in [2.75, 3.05) is 6.61 Å². The fraction of sp³-hybridized carbons (Fsp3) is 0.150. The molecule has 6 heteroatoms. The minimum atomic E-state index is -1.04. The lowest BCUT2D eigenvalue weighted by Crippen LogP contribution is -2.48. The van der Waals surface area contributed by atoms with E-state index in [9.17, 15) is 14.7 Å². The van der Waals surface area contributed by atoms with Crippen LogP contribution in [-0.2, 0) is 11.3 Å². The molecule has 3 aromatic rings. The van der Waals surface area contributed by atoms with Crippen LogP contribution in [0.3, 0.4) is 0 Å². The van der Waals surface area contributed by atoms with Gasteiger partial charge in [-0.25, -0.2) is 4.98 Å². The maximum Gasteiger partial charge on any atom is 0.270 e. The van der Waals surface area contributed by atoms with Crippen molar-refractivity contribution in [3.63, 3.8) is 0 Å². The molecule has 0 aliphatic heterocycles. The van der Waals surface area contributed by atoms with Crippen molar-refractivity contribution >= 4 is 22.7 Å². The van der Waals surface area contributed by atoms with E-state index in [0.29, 0.717) is 12.1 Å². The molecule has 0 spiro atoms. The second-order valence-electron chi connectivity index (χ2n) is 5.80. The molecule has 0 radical (unpaired) electrons. The monoisotopic (exact) mass is 349 g/mol. The Kier molecular flexibility index (Phi) is 5.56. The molecule has 0 aliphatic rings. The summed E-state index contributed by atoms with van der Waals surface area (Å²) >= 11 is 0. The highest BCUT2D eigenvalue weighted by molar-refractivity contribution is 5.97. The highest BCUT2D eigenvalue weighted by atomic mass is 16.3. The number of carbonyl (C=O) groups excluding carboxylic acids is 2. The molecule has 2 amide bonds. The number of nitrogens with zero attached hydrogens (tertiary/aromatic N) is 1. The van der Waals surface area contributed by atoms with Gasteiger partial charge in [0.05, 0.1) is 12.1 Å². The van der Waals surface area contributed by atoms with Crippen LogP contribution in [0, 0.1) is 0 Å². The Morgan fingerprint density at radius 2 is 1.69 bits per heavy atom. The first-order valence-corrected chi connectivity index (χ1v) is 8.26. The number of carbonyl (C=O) groups is 2. The smallest absolute Gasteiger partial charge is 0.270 e. The van der Waals surface area contributed by atoms with Gasteiger partial charge in [0.15, 0.2) is 0 Å². The predicted octanol–water partition coefficient (Wildman–Crippen LogP) is 1.64. The number of para-hydroxylation sites is 1. The molecule has 132 valence electrons. The molecule has 0 fully saturated rings. The number of hydrogen-bond acceptors (Lipinski definition) is 4. The molecular formula is C20H19N3O3. The zero-order valence-corrected chi connectivity index (χ0v) is 14.1. The molecule has 3 N–H and O–H groups in total. The standard InChI is InChI=1S/C20H19N3O3/c24-13-18(19(25)21-12-14-6-2-1-3-7-14)23-20(26)17-11-10-15-8-4-5-9-16(15)22-17/h1-11,18,24H,12-13H2,(H,21,25)(H,23,26). The normalized spacial score (nSPS) is 11.7. The Balaban J connectivity index is 1.64. The number of aliphatic hydroxyl groups excluding tert-OH is 1. The number of nitrogens with one attached hydrogen (secondary N) is 2. The van der Waals surface area contributed by atoms with Gasteiger partial charge < -0.3 is 15.7 Å². The Hall–Kier alpha value is -3.25. The van der Waals surface area contributed by atoms with Crippen LogP contribution in [0.1, 0.15) is 16.1 Å². The van der Waals surface area contributed by atoms with Gasteiger partial charge in [0.1, 0.15) is 11.7 Å². The van der Waals surface area contributed by atoms with Crippen molar-refractivity contribution in [2.45, 2.75) is 12.6 Å². The number of benzene rings is 2. The van der Waals surface area contributed by atoms with Gasteiger partial charge in [-0.05, 0) is 17.7 Å². The van der Waals surface area contributed by atoms with E-state index in [4.69, 9.17) is 0 Å². The van der Waals surface area contributed by atoms with Crippen LogP contribution in [0.5, 0.6) is 0 Å². The number of fused-ring (bicyclic) bond motifs is 1. The zero-order chi connectivity index (χ0) is 18.4. The minimum Gasteiger partial charge on any atom is -0.394 e. The summed E-state index contributed by atoms with van der Waals surface area (Å²) < 4.78 is 0. The first-order valence-electron chi connectivity index (χ1n) is 8.26. The molecule has 1 heterocycles. The van der Waals surface area contributed by atoms with Crippen molar-refractivity contribution in [2.24, 2.45) is 0 Å².